The van der Waals surface area contributed by atoms with Gasteiger partial charge in [-0.3, -0.25) is 9.10 Å². The molecule has 0 radical (unpaired) electrons. The van der Waals surface area contributed by atoms with Gasteiger partial charge in [0.25, 0.3) is 10.0 Å². The van der Waals surface area contributed by atoms with E-state index >= 15 is 0 Å². The van der Waals surface area contributed by atoms with Crippen LogP contribution in [0, 0.1) is 3.57 Å². The lowest BCUT2D eigenvalue weighted by atomic mass is 10.3. The quantitative estimate of drug-likeness (QED) is 0.760. The van der Waals surface area contributed by atoms with Gasteiger partial charge in [-0.25, -0.2) is 8.42 Å². The molecule has 0 saturated carbocycles. The van der Waals surface area contributed by atoms with Crippen molar-refractivity contribution in [3.63, 3.8) is 0 Å². The summed E-state index contributed by atoms with van der Waals surface area (Å²) in [7, 11) is -3.91. The monoisotopic (exact) mass is 417 g/mol. The van der Waals surface area contributed by atoms with Gasteiger partial charge in [0.2, 0.25) is 0 Å². The summed E-state index contributed by atoms with van der Waals surface area (Å²) >= 11 is 2.09. The second-order valence-electron chi connectivity index (χ2n) is 4.19. The Bertz CT molecular complexity index is 729. The molecular formula is C14H12INO4S. The smallest absolute Gasteiger partial charge is 0.324 e. The zero-order chi connectivity index (χ0) is 15.5. The topological polar surface area (TPSA) is 74.7 Å². The summed E-state index contributed by atoms with van der Waals surface area (Å²) in [6.07, 6.45) is 0. The number of anilines is 1. The number of benzene rings is 2. The Hall–Kier alpha value is -1.61. The van der Waals surface area contributed by atoms with Crippen molar-refractivity contribution in [2.24, 2.45) is 0 Å². The number of hydrogen-bond donors (Lipinski definition) is 1. The average molecular weight is 417 g/mol. The first-order valence-electron chi connectivity index (χ1n) is 5.96. The first kappa shape index (κ1) is 15.8. The van der Waals surface area contributed by atoms with Crippen molar-refractivity contribution < 1.29 is 18.3 Å². The summed E-state index contributed by atoms with van der Waals surface area (Å²) in [5, 5.41) is 9.00. The van der Waals surface area contributed by atoms with Gasteiger partial charge in [-0.05, 0) is 59.0 Å². The highest BCUT2D eigenvalue weighted by atomic mass is 127. The maximum absolute atomic E-state index is 12.6. The van der Waals surface area contributed by atoms with E-state index in [1.54, 1.807) is 42.5 Å². The van der Waals surface area contributed by atoms with Crippen molar-refractivity contribution in [2.75, 3.05) is 10.8 Å². The third kappa shape index (κ3) is 3.73. The van der Waals surface area contributed by atoms with Crippen LogP contribution in [0.3, 0.4) is 0 Å². The number of sulfonamides is 1. The van der Waals surface area contributed by atoms with E-state index in [9.17, 15) is 13.2 Å². The minimum absolute atomic E-state index is 0.0600. The predicted molar refractivity (Wildman–Crippen MR) is 87.8 cm³/mol. The summed E-state index contributed by atoms with van der Waals surface area (Å²) in [6, 6.07) is 14.4. The van der Waals surface area contributed by atoms with E-state index in [1.807, 2.05) is 0 Å². The second-order valence-corrected chi connectivity index (χ2v) is 7.30. The third-order valence-electron chi connectivity index (χ3n) is 2.72. The molecule has 0 unspecified atom stereocenters. The molecule has 21 heavy (non-hydrogen) atoms. The molecule has 0 heterocycles. The molecule has 0 aromatic heterocycles. The standard InChI is InChI=1S/C14H12INO4S/c15-11-6-8-12(9-7-11)16(10-14(17)18)21(19,20)13-4-2-1-3-5-13/h1-9H,10H2,(H,17,18). The molecule has 2 aromatic carbocycles. The molecule has 2 rings (SSSR count). The number of carbonyl (C=O) groups is 1. The predicted octanol–water partition coefficient (Wildman–Crippen LogP) is 2.57. The fourth-order valence-electron chi connectivity index (χ4n) is 1.76. The van der Waals surface area contributed by atoms with Crippen molar-refractivity contribution in [2.45, 2.75) is 4.90 Å². The molecule has 110 valence electrons. The maximum Gasteiger partial charge on any atom is 0.324 e. The van der Waals surface area contributed by atoms with E-state index in [1.165, 1.54) is 12.1 Å². The normalized spacial score (nSPS) is 11.1. The van der Waals surface area contributed by atoms with Crippen LogP contribution < -0.4 is 4.31 Å². The summed E-state index contributed by atoms with van der Waals surface area (Å²) < 4.78 is 27.1. The number of carboxylic acids is 1. The molecule has 0 aliphatic carbocycles. The highest BCUT2D eigenvalue weighted by Crippen LogP contribution is 2.24. The Kier molecular flexibility index (Phi) is 4.84. The molecule has 7 heteroatoms. The molecule has 0 fully saturated rings. The van der Waals surface area contributed by atoms with Gasteiger partial charge >= 0.3 is 5.97 Å². The molecular weight excluding hydrogens is 405 g/mol. The number of nitrogens with zero attached hydrogens (tertiary/aromatic N) is 1. The molecule has 0 aliphatic rings. The Morgan fingerprint density at radius 1 is 1.05 bits per heavy atom. The van der Waals surface area contributed by atoms with Crippen LogP contribution in [0.15, 0.2) is 59.5 Å². The van der Waals surface area contributed by atoms with Crippen LogP contribution >= 0.6 is 22.6 Å². The van der Waals surface area contributed by atoms with E-state index in [4.69, 9.17) is 5.11 Å². The Morgan fingerprint density at radius 3 is 2.14 bits per heavy atom. The van der Waals surface area contributed by atoms with Crippen LogP contribution in [0.1, 0.15) is 0 Å². The van der Waals surface area contributed by atoms with Gasteiger partial charge in [0.05, 0.1) is 10.6 Å². The van der Waals surface area contributed by atoms with Crippen molar-refractivity contribution in [3.05, 3.63) is 58.2 Å². The van der Waals surface area contributed by atoms with Crippen LogP contribution in [-0.2, 0) is 14.8 Å². The van der Waals surface area contributed by atoms with Crippen LogP contribution in [-0.4, -0.2) is 26.0 Å². The largest absolute Gasteiger partial charge is 0.480 e. The van der Waals surface area contributed by atoms with Crippen molar-refractivity contribution in [1.29, 1.82) is 0 Å². The number of aliphatic carboxylic acids is 1. The lowest BCUT2D eigenvalue weighted by Crippen LogP contribution is -2.35. The van der Waals surface area contributed by atoms with Crippen molar-refractivity contribution in [1.82, 2.24) is 0 Å². The number of carboxylic acid groups (broad SMARTS) is 1. The van der Waals surface area contributed by atoms with Gasteiger partial charge < -0.3 is 5.11 Å². The Morgan fingerprint density at radius 2 is 1.62 bits per heavy atom. The van der Waals surface area contributed by atoms with Crippen LogP contribution in [0.5, 0.6) is 0 Å². The summed E-state index contributed by atoms with van der Waals surface area (Å²) in [5.74, 6) is -1.21. The Labute approximate surface area is 136 Å². The molecule has 1 N–H and O–H groups in total. The third-order valence-corrected chi connectivity index (χ3v) is 5.23. The van der Waals surface area contributed by atoms with Gasteiger partial charge in [0.1, 0.15) is 6.54 Å². The molecule has 0 aliphatic heterocycles. The second kappa shape index (κ2) is 6.44. The molecule has 0 spiro atoms. The maximum atomic E-state index is 12.6. The van der Waals surface area contributed by atoms with E-state index in [0.717, 1.165) is 7.88 Å². The molecule has 0 bridgehead atoms. The van der Waals surface area contributed by atoms with Gasteiger partial charge in [0, 0.05) is 3.57 Å². The van der Waals surface area contributed by atoms with E-state index in [2.05, 4.69) is 22.6 Å². The molecule has 0 saturated heterocycles. The number of hydrogen-bond acceptors (Lipinski definition) is 3. The average Bonchev–Trinajstić information content (AvgIpc) is 2.46. The summed E-state index contributed by atoms with van der Waals surface area (Å²) in [5.41, 5.74) is 0.321. The highest BCUT2D eigenvalue weighted by Gasteiger charge is 2.26. The van der Waals surface area contributed by atoms with Crippen LogP contribution in [0.25, 0.3) is 0 Å². The molecule has 5 nitrogen and oxygen atoms in total. The zero-order valence-electron chi connectivity index (χ0n) is 10.8. The van der Waals surface area contributed by atoms with E-state index in [-0.39, 0.29) is 4.90 Å². The number of rotatable bonds is 5. The number of halogens is 1. The molecule has 0 atom stereocenters. The van der Waals surface area contributed by atoms with Crippen molar-refractivity contribution >= 4 is 44.3 Å². The summed E-state index contributed by atoms with van der Waals surface area (Å²) in [6.45, 7) is -0.627. The summed E-state index contributed by atoms with van der Waals surface area (Å²) in [4.78, 5) is 11.1. The van der Waals surface area contributed by atoms with Gasteiger partial charge in [0.15, 0.2) is 0 Å². The Balaban J connectivity index is 2.50. The first-order chi connectivity index (χ1) is 9.91. The van der Waals surface area contributed by atoms with Gasteiger partial charge in [-0.2, -0.15) is 0 Å². The SMILES string of the molecule is O=C(O)CN(c1ccc(I)cc1)S(=O)(=O)c1ccccc1. The lowest BCUT2D eigenvalue weighted by molar-refractivity contribution is -0.135. The lowest BCUT2D eigenvalue weighted by Gasteiger charge is -2.22. The van der Waals surface area contributed by atoms with Crippen LogP contribution in [0.2, 0.25) is 0 Å². The highest BCUT2D eigenvalue weighted by molar-refractivity contribution is 14.1. The van der Waals surface area contributed by atoms with E-state index in [0.29, 0.717) is 5.69 Å². The van der Waals surface area contributed by atoms with Crippen LogP contribution in [0.4, 0.5) is 5.69 Å². The molecule has 0 amide bonds. The fourth-order valence-corrected chi connectivity index (χ4v) is 3.56. The molecule has 2 aromatic rings. The zero-order valence-corrected chi connectivity index (χ0v) is 13.8. The van der Waals surface area contributed by atoms with Gasteiger partial charge in [-0.1, -0.05) is 18.2 Å². The fraction of sp³-hybridized carbons (Fsp3) is 0.0714. The minimum Gasteiger partial charge on any atom is -0.480 e. The van der Waals surface area contributed by atoms with E-state index < -0.39 is 22.5 Å². The first-order valence-corrected chi connectivity index (χ1v) is 8.48. The van der Waals surface area contributed by atoms with Crippen molar-refractivity contribution in [3.8, 4) is 0 Å². The minimum atomic E-state index is -3.91. The van der Waals surface area contributed by atoms with Gasteiger partial charge in [-0.15, -0.1) is 0 Å².